The van der Waals surface area contributed by atoms with Crippen LogP contribution in [0, 0.1) is 5.82 Å². The first-order chi connectivity index (χ1) is 8.16. The van der Waals surface area contributed by atoms with Crippen LogP contribution < -0.4 is 5.32 Å². The van der Waals surface area contributed by atoms with Gasteiger partial charge in [-0.3, -0.25) is 9.78 Å². The molecule has 1 amide bonds. The van der Waals surface area contributed by atoms with Crippen molar-refractivity contribution in [2.24, 2.45) is 0 Å². The number of hydrogen-bond donors (Lipinski definition) is 2. The molecule has 1 heterocycles. The van der Waals surface area contributed by atoms with Crippen LogP contribution in [0.25, 0.3) is 0 Å². The number of rotatable bonds is 3. The van der Waals surface area contributed by atoms with Gasteiger partial charge in [-0.15, -0.1) is 11.3 Å². The van der Waals surface area contributed by atoms with E-state index < -0.39 is 11.7 Å². The maximum Gasteiger partial charge on any atom is 0.254 e. The predicted octanol–water partition coefficient (Wildman–Crippen LogP) is 1.92. The van der Waals surface area contributed by atoms with Crippen molar-refractivity contribution in [3.05, 3.63) is 46.2 Å². The molecule has 0 fully saturated rings. The van der Waals surface area contributed by atoms with Gasteiger partial charge in [0, 0.05) is 17.1 Å². The Morgan fingerprint density at radius 1 is 1.53 bits per heavy atom. The summed E-state index contributed by atoms with van der Waals surface area (Å²) in [7, 11) is 0. The minimum Gasteiger partial charge on any atom is -0.508 e. The Morgan fingerprint density at radius 2 is 2.35 bits per heavy atom. The van der Waals surface area contributed by atoms with Gasteiger partial charge in [0.2, 0.25) is 0 Å². The summed E-state index contributed by atoms with van der Waals surface area (Å²) in [5.41, 5.74) is 1.56. The number of benzene rings is 1. The second-order valence-corrected chi connectivity index (χ2v) is 4.29. The topological polar surface area (TPSA) is 62.2 Å². The summed E-state index contributed by atoms with van der Waals surface area (Å²) in [6.45, 7) is 0.309. The number of carbonyl (C=O) groups excluding carboxylic acids is 1. The van der Waals surface area contributed by atoms with Crippen molar-refractivity contribution in [1.82, 2.24) is 10.3 Å². The second-order valence-electron chi connectivity index (χ2n) is 3.31. The minimum atomic E-state index is -0.744. The largest absolute Gasteiger partial charge is 0.508 e. The quantitative estimate of drug-likeness (QED) is 0.877. The SMILES string of the molecule is O=C(NCc1cncs1)c1ccc(O)cc1F. The molecule has 17 heavy (non-hydrogen) atoms. The number of phenols is 1. The highest BCUT2D eigenvalue weighted by atomic mass is 32.1. The summed E-state index contributed by atoms with van der Waals surface area (Å²) in [4.78, 5) is 16.4. The molecule has 0 saturated heterocycles. The van der Waals surface area contributed by atoms with Gasteiger partial charge in [0.05, 0.1) is 17.6 Å². The van der Waals surface area contributed by atoms with Crippen LogP contribution >= 0.6 is 11.3 Å². The molecule has 0 aliphatic carbocycles. The lowest BCUT2D eigenvalue weighted by Gasteiger charge is -2.04. The smallest absolute Gasteiger partial charge is 0.254 e. The maximum atomic E-state index is 13.3. The molecule has 2 rings (SSSR count). The van der Waals surface area contributed by atoms with E-state index in [1.165, 1.54) is 23.5 Å². The molecular weight excluding hydrogens is 243 g/mol. The number of aromatic nitrogens is 1. The number of aromatic hydroxyl groups is 1. The zero-order valence-corrected chi connectivity index (χ0v) is 9.50. The van der Waals surface area contributed by atoms with E-state index in [0.717, 1.165) is 10.9 Å². The molecular formula is C11H9FN2O2S. The highest BCUT2D eigenvalue weighted by Crippen LogP contribution is 2.15. The summed E-state index contributed by atoms with van der Waals surface area (Å²) < 4.78 is 13.3. The van der Waals surface area contributed by atoms with E-state index in [-0.39, 0.29) is 11.3 Å². The van der Waals surface area contributed by atoms with Crippen LogP contribution in [-0.2, 0) is 6.54 Å². The van der Waals surface area contributed by atoms with Crippen molar-refractivity contribution >= 4 is 17.2 Å². The second kappa shape index (κ2) is 4.92. The number of nitrogens with zero attached hydrogens (tertiary/aromatic N) is 1. The first-order valence-corrected chi connectivity index (χ1v) is 5.69. The van der Waals surface area contributed by atoms with Crippen LogP contribution in [0.4, 0.5) is 4.39 Å². The molecule has 6 heteroatoms. The highest BCUT2D eigenvalue weighted by molar-refractivity contribution is 7.09. The Bertz CT molecular complexity index is 528. The van der Waals surface area contributed by atoms with Gasteiger partial charge in [0.1, 0.15) is 11.6 Å². The third kappa shape index (κ3) is 2.79. The van der Waals surface area contributed by atoms with Crippen LogP contribution in [-0.4, -0.2) is 16.0 Å². The van der Waals surface area contributed by atoms with Crippen molar-refractivity contribution in [2.75, 3.05) is 0 Å². The van der Waals surface area contributed by atoms with Gasteiger partial charge in [-0.1, -0.05) is 0 Å². The van der Waals surface area contributed by atoms with Crippen LogP contribution in [0.5, 0.6) is 5.75 Å². The molecule has 0 saturated carbocycles. The fourth-order valence-corrected chi connectivity index (χ4v) is 1.81. The average molecular weight is 252 g/mol. The van der Waals surface area contributed by atoms with Gasteiger partial charge in [0.15, 0.2) is 0 Å². The van der Waals surface area contributed by atoms with Crippen LogP contribution in [0.2, 0.25) is 0 Å². The third-order valence-electron chi connectivity index (χ3n) is 2.10. The molecule has 0 unspecified atom stereocenters. The van der Waals surface area contributed by atoms with Crippen LogP contribution in [0.3, 0.4) is 0 Å². The number of thiazole rings is 1. The summed E-state index contributed by atoms with van der Waals surface area (Å²) in [5, 5.41) is 11.6. The van der Waals surface area contributed by atoms with E-state index in [0.29, 0.717) is 6.54 Å². The van der Waals surface area contributed by atoms with E-state index in [1.807, 2.05) is 0 Å². The molecule has 0 aliphatic rings. The van der Waals surface area contributed by atoms with Gasteiger partial charge in [-0.05, 0) is 12.1 Å². The molecule has 1 aromatic heterocycles. The van der Waals surface area contributed by atoms with Crippen molar-refractivity contribution < 1.29 is 14.3 Å². The molecule has 0 atom stereocenters. The number of nitrogens with one attached hydrogen (secondary N) is 1. The molecule has 88 valence electrons. The van der Waals surface area contributed by atoms with Crippen molar-refractivity contribution in [2.45, 2.75) is 6.54 Å². The predicted molar refractivity (Wildman–Crippen MR) is 61.3 cm³/mol. The van der Waals surface area contributed by atoms with Gasteiger partial charge < -0.3 is 10.4 Å². The summed E-state index contributed by atoms with van der Waals surface area (Å²) >= 11 is 1.41. The van der Waals surface area contributed by atoms with Crippen molar-refractivity contribution in [3.8, 4) is 5.75 Å². The zero-order chi connectivity index (χ0) is 12.3. The average Bonchev–Trinajstić information content (AvgIpc) is 2.78. The lowest BCUT2D eigenvalue weighted by atomic mass is 10.2. The van der Waals surface area contributed by atoms with Gasteiger partial charge >= 0.3 is 0 Å². The number of halogens is 1. The number of hydrogen-bond acceptors (Lipinski definition) is 4. The van der Waals surface area contributed by atoms with E-state index in [2.05, 4.69) is 10.3 Å². The monoisotopic (exact) mass is 252 g/mol. The maximum absolute atomic E-state index is 13.3. The molecule has 0 spiro atoms. The molecule has 1 aromatic carbocycles. The molecule has 2 aromatic rings. The van der Waals surface area contributed by atoms with E-state index >= 15 is 0 Å². The number of amides is 1. The fraction of sp³-hybridized carbons (Fsp3) is 0.0909. The summed E-state index contributed by atoms with van der Waals surface area (Å²) in [6, 6.07) is 3.42. The van der Waals surface area contributed by atoms with Crippen molar-refractivity contribution in [1.29, 1.82) is 0 Å². The Kier molecular flexibility index (Phi) is 3.34. The Hall–Kier alpha value is -1.95. The third-order valence-corrected chi connectivity index (χ3v) is 2.88. The van der Waals surface area contributed by atoms with Gasteiger partial charge in [-0.25, -0.2) is 4.39 Å². The lowest BCUT2D eigenvalue weighted by Crippen LogP contribution is -2.23. The Morgan fingerprint density at radius 3 is 3.00 bits per heavy atom. The van der Waals surface area contributed by atoms with Crippen molar-refractivity contribution in [3.63, 3.8) is 0 Å². The Balaban J connectivity index is 2.04. The molecule has 0 aliphatic heterocycles. The lowest BCUT2D eigenvalue weighted by molar-refractivity contribution is 0.0947. The van der Waals surface area contributed by atoms with E-state index in [1.54, 1.807) is 11.7 Å². The van der Waals surface area contributed by atoms with Crippen LogP contribution in [0.1, 0.15) is 15.2 Å². The molecule has 0 radical (unpaired) electrons. The van der Waals surface area contributed by atoms with Crippen LogP contribution in [0.15, 0.2) is 29.9 Å². The van der Waals surface area contributed by atoms with Gasteiger partial charge in [-0.2, -0.15) is 0 Å². The molecule has 2 N–H and O–H groups in total. The minimum absolute atomic E-state index is 0.0904. The first-order valence-electron chi connectivity index (χ1n) is 4.81. The van der Waals surface area contributed by atoms with E-state index in [4.69, 9.17) is 5.11 Å². The normalized spacial score (nSPS) is 10.2. The number of carbonyl (C=O) groups is 1. The summed E-state index contributed by atoms with van der Waals surface area (Å²) in [6.07, 6.45) is 1.64. The highest BCUT2D eigenvalue weighted by Gasteiger charge is 2.11. The standard InChI is InChI=1S/C11H9FN2O2S/c12-10-3-7(15)1-2-9(10)11(16)14-5-8-4-13-6-17-8/h1-4,6,15H,5H2,(H,14,16). The van der Waals surface area contributed by atoms with Gasteiger partial charge in [0.25, 0.3) is 5.91 Å². The molecule has 4 nitrogen and oxygen atoms in total. The summed E-state index contributed by atoms with van der Waals surface area (Å²) in [5.74, 6) is -1.47. The zero-order valence-electron chi connectivity index (χ0n) is 8.68. The Labute approximate surface area is 101 Å². The first kappa shape index (κ1) is 11.5. The van der Waals surface area contributed by atoms with E-state index in [9.17, 15) is 9.18 Å². The number of phenolic OH excluding ortho intramolecular Hbond substituents is 1. The fourth-order valence-electron chi connectivity index (χ4n) is 1.28. The molecule has 0 bridgehead atoms.